The SMILES string of the molecule is CCCCCCC=Cc1ccc(CCC)cc1. The van der Waals surface area contributed by atoms with Gasteiger partial charge in [-0.25, -0.2) is 0 Å². The highest BCUT2D eigenvalue weighted by atomic mass is 14.0. The number of hydrogen-bond acceptors (Lipinski definition) is 0. The first kappa shape index (κ1) is 14.0. The fourth-order valence-corrected chi connectivity index (χ4v) is 1.99. The Morgan fingerprint density at radius 1 is 0.882 bits per heavy atom. The standard InChI is InChI=1S/C17H26/c1-3-5-6-7-8-9-11-17-14-12-16(10-4-2)13-15-17/h9,11-15H,3-8,10H2,1-2H3. The third-order valence-electron chi connectivity index (χ3n) is 3.05. The summed E-state index contributed by atoms with van der Waals surface area (Å²) < 4.78 is 0. The summed E-state index contributed by atoms with van der Waals surface area (Å²) in [5.74, 6) is 0. The number of allylic oxidation sites excluding steroid dienone is 1. The molecule has 0 radical (unpaired) electrons. The summed E-state index contributed by atoms with van der Waals surface area (Å²) in [6.07, 6.45) is 13.6. The van der Waals surface area contributed by atoms with Crippen molar-refractivity contribution < 1.29 is 0 Å². The van der Waals surface area contributed by atoms with Crippen molar-refractivity contribution in [3.05, 3.63) is 41.5 Å². The van der Waals surface area contributed by atoms with Crippen molar-refractivity contribution in [2.45, 2.75) is 58.8 Å². The van der Waals surface area contributed by atoms with E-state index in [0.29, 0.717) is 0 Å². The van der Waals surface area contributed by atoms with Gasteiger partial charge in [0.25, 0.3) is 0 Å². The van der Waals surface area contributed by atoms with Crippen LogP contribution in [0.15, 0.2) is 30.3 Å². The van der Waals surface area contributed by atoms with Crippen LogP contribution in [0.5, 0.6) is 0 Å². The third kappa shape index (κ3) is 6.31. The molecule has 0 N–H and O–H groups in total. The van der Waals surface area contributed by atoms with Gasteiger partial charge >= 0.3 is 0 Å². The Balaban J connectivity index is 2.28. The molecule has 0 aromatic heterocycles. The van der Waals surface area contributed by atoms with Gasteiger partial charge in [0.15, 0.2) is 0 Å². The number of unbranched alkanes of at least 4 members (excludes halogenated alkanes) is 4. The van der Waals surface area contributed by atoms with Crippen LogP contribution in [0.3, 0.4) is 0 Å². The Morgan fingerprint density at radius 3 is 2.29 bits per heavy atom. The van der Waals surface area contributed by atoms with Gasteiger partial charge in [-0.3, -0.25) is 0 Å². The molecule has 0 amide bonds. The third-order valence-corrected chi connectivity index (χ3v) is 3.05. The molecule has 17 heavy (non-hydrogen) atoms. The molecule has 0 aliphatic heterocycles. The molecule has 1 rings (SSSR count). The molecule has 1 aromatic rings. The van der Waals surface area contributed by atoms with Crippen LogP contribution < -0.4 is 0 Å². The lowest BCUT2D eigenvalue weighted by Crippen LogP contribution is -1.82. The summed E-state index contributed by atoms with van der Waals surface area (Å²) in [5.41, 5.74) is 2.79. The molecule has 0 heterocycles. The summed E-state index contributed by atoms with van der Waals surface area (Å²) in [7, 11) is 0. The molecule has 0 bridgehead atoms. The Hall–Kier alpha value is -1.04. The fourth-order valence-electron chi connectivity index (χ4n) is 1.99. The maximum atomic E-state index is 2.31. The van der Waals surface area contributed by atoms with E-state index in [2.05, 4.69) is 50.3 Å². The number of aryl methyl sites for hydroxylation is 1. The zero-order valence-corrected chi connectivity index (χ0v) is 11.4. The first-order valence-corrected chi connectivity index (χ1v) is 7.12. The van der Waals surface area contributed by atoms with Crippen LogP contribution in [0.25, 0.3) is 6.08 Å². The molecule has 0 unspecified atom stereocenters. The first-order chi connectivity index (χ1) is 8.36. The Kier molecular flexibility index (Phi) is 7.46. The lowest BCUT2D eigenvalue weighted by Gasteiger charge is -1.99. The molecule has 0 aliphatic carbocycles. The van der Waals surface area contributed by atoms with E-state index in [-0.39, 0.29) is 0 Å². The van der Waals surface area contributed by atoms with Gasteiger partial charge in [0, 0.05) is 0 Å². The molecule has 0 fully saturated rings. The molecule has 0 saturated heterocycles. The minimum Gasteiger partial charge on any atom is -0.0839 e. The smallest absolute Gasteiger partial charge is 0.0260 e. The minimum absolute atomic E-state index is 1.20. The van der Waals surface area contributed by atoms with Crippen LogP contribution in [0.1, 0.15) is 63.5 Å². The van der Waals surface area contributed by atoms with Crippen molar-refractivity contribution in [2.24, 2.45) is 0 Å². The molecule has 0 aliphatic rings. The predicted octanol–water partition coefficient (Wildman–Crippen LogP) is 5.62. The summed E-state index contributed by atoms with van der Waals surface area (Å²) >= 11 is 0. The van der Waals surface area contributed by atoms with Crippen molar-refractivity contribution in [1.29, 1.82) is 0 Å². The average molecular weight is 230 g/mol. The molecule has 0 spiro atoms. The topological polar surface area (TPSA) is 0 Å². The largest absolute Gasteiger partial charge is 0.0839 e. The van der Waals surface area contributed by atoms with Gasteiger partial charge in [0.1, 0.15) is 0 Å². The lowest BCUT2D eigenvalue weighted by atomic mass is 10.1. The maximum Gasteiger partial charge on any atom is -0.0260 e. The summed E-state index contributed by atoms with van der Waals surface area (Å²) in [5, 5.41) is 0. The van der Waals surface area contributed by atoms with E-state index >= 15 is 0 Å². The Morgan fingerprint density at radius 2 is 1.65 bits per heavy atom. The van der Waals surface area contributed by atoms with Gasteiger partial charge in [-0.15, -0.1) is 0 Å². The monoisotopic (exact) mass is 230 g/mol. The van der Waals surface area contributed by atoms with Crippen molar-refractivity contribution in [3.63, 3.8) is 0 Å². The normalized spacial score (nSPS) is 11.2. The van der Waals surface area contributed by atoms with Crippen LogP contribution in [0.4, 0.5) is 0 Å². The van der Waals surface area contributed by atoms with Gasteiger partial charge in [0.05, 0.1) is 0 Å². The second-order valence-electron chi connectivity index (χ2n) is 4.74. The van der Waals surface area contributed by atoms with Crippen LogP contribution >= 0.6 is 0 Å². The van der Waals surface area contributed by atoms with Crippen molar-refractivity contribution >= 4 is 6.08 Å². The average Bonchev–Trinajstić information content (AvgIpc) is 2.36. The molecule has 0 nitrogen and oxygen atoms in total. The molecular formula is C17H26. The van der Waals surface area contributed by atoms with E-state index in [1.54, 1.807) is 0 Å². The Bertz CT molecular complexity index is 305. The highest BCUT2D eigenvalue weighted by Crippen LogP contribution is 2.09. The van der Waals surface area contributed by atoms with E-state index in [9.17, 15) is 0 Å². The second kappa shape index (κ2) is 9.04. The van der Waals surface area contributed by atoms with E-state index in [0.717, 1.165) is 0 Å². The zero-order chi connectivity index (χ0) is 12.3. The minimum atomic E-state index is 1.20. The van der Waals surface area contributed by atoms with E-state index < -0.39 is 0 Å². The molecule has 1 aromatic carbocycles. The molecule has 94 valence electrons. The highest BCUT2D eigenvalue weighted by molar-refractivity contribution is 5.49. The number of rotatable bonds is 8. The van der Waals surface area contributed by atoms with Gasteiger partial charge in [0.2, 0.25) is 0 Å². The highest BCUT2D eigenvalue weighted by Gasteiger charge is 1.91. The second-order valence-corrected chi connectivity index (χ2v) is 4.74. The van der Waals surface area contributed by atoms with E-state index in [1.807, 2.05) is 0 Å². The van der Waals surface area contributed by atoms with Crippen LogP contribution in [-0.2, 0) is 6.42 Å². The van der Waals surface area contributed by atoms with Crippen LogP contribution in [-0.4, -0.2) is 0 Å². The van der Waals surface area contributed by atoms with Crippen molar-refractivity contribution in [2.75, 3.05) is 0 Å². The molecule has 0 saturated carbocycles. The zero-order valence-electron chi connectivity index (χ0n) is 11.4. The lowest BCUT2D eigenvalue weighted by molar-refractivity contribution is 0.675. The van der Waals surface area contributed by atoms with E-state index in [4.69, 9.17) is 0 Å². The van der Waals surface area contributed by atoms with Crippen LogP contribution in [0, 0.1) is 0 Å². The maximum absolute atomic E-state index is 2.31. The van der Waals surface area contributed by atoms with Crippen molar-refractivity contribution in [3.8, 4) is 0 Å². The predicted molar refractivity (Wildman–Crippen MR) is 78.2 cm³/mol. The van der Waals surface area contributed by atoms with Gasteiger partial charge < -0.3 is 0 Å². The fraction of sp³-hybridized carbons (Fsp3) is 0.529. The van der Waals surface area contributed by atoms with Crippen LogP contribution in [0.2, 0.25) is 0 Å². The first-order valence-electron chi connectivity index (χ1n) is 7.12. The number of hydrogen-bond donors (Lipinski definition) is 0. The molecule has 0 heteroatoms. The van der Waals surface area contributed by atoms with Gasteiger partial charge in [-0.2, -0.15) is 0 Å². The summed E-state index contributed by atoms with van der Waals surface area (Å²) in [4.78, 5) is 0. The van der Waals surface area contributed by atoms with Crippen molar-refractivity contribution in [1.82, 2.24) is 0 Å². The van der Waals surface area contributed by atoms with Gasteiger partial charge in [-0.1, -0.05) is 75.9 Å². The summed E-state index contributed by atoms with van der Waals surface area (Å²) in [6.45, 7) is 4.48. The summed E-state index contributed by atoms with van der Waals surface area (Å²) in [6, 6.07) is 8.96. The molecular weight excluding hydrogens is 204 g/mol. The quantitative estimate of drug-likeness (QED) is 0.508. The van der Waals surface area contributed by atoms with E-state index in [1.165, 1.54) is 56.1 Å². The van der Waals surface area contributed by atoms with Gasteiger partial charge in [-0.05, 0) is 30.4 Å². The molecule has 0 atom stereocenters. The number of benzene rings is 1. The Labute approximate surface area is 107 Å².